The number of ether oxygens (including phenoxy) is 1. The molecule has 0 spiro atoms. The molecule has 0 radical (unpaired) electrons. The lowest BCUT2D eigenvalue weighted by Crippen LogP contribution is -2.21. The predicted molar refractivity (Wildman–Crippen MR) is 70.8 cm³/mol. The van der Waals surface area contributed by atoms with Gasteiger partial charge in [0.15, 0.2) is 0 Å². The van der Waals surface area contributed by atoms with Gasteiger partial charge in [-0.2, -0.15) is 5.10 Å². The van der Waals surface area contributed by atoms with Gasteiger partial charge in [-0.3, -0.25) is 0 Å². The van der Waals surface area contributed by atoms with Crippen molar-refractivity contribution in [1.82, 2.24) is 0 Å². The minimum Gasteiger partial charge on any atom is -0.462 e. The Morgan fingerprint density at radius 1 is 1.50 bits per heavy atom. The summed E-state index contributed by atoms with van der Waals surface area (Å²) < 4.78 is 4.87. The molecule has 0 aliphatic carbocycles. The number of benzene rings is 1. The Morgan fingerprint density at radius 3 is 2.83 bits per heavy atom. The summed E-state index contributed by atoms with van der Waals surface area (Å²) in [5, 5.41) is 7.30. The molecule has 7 heteroatoms. The van der Waals surface area contributed by atoms with Crippen LogP contribution in [0.3, 0.4) is 0 Å². The molecule has 0 atom stereocenters. The summed E-state index contributed by atoms with van der Waals surface area (Å²) in [6.07, 6.45) is 1.35. The highest BCUT2D eigenvalue weighted by atomic mass is 35.5. The van der Waals surface area contributed by atoms with E-state index in [0.717, 1.165) is 0 Å². The van der Waals surface area contributed by atoms with Gasteiger partial charge in [0.2, 0.25) is 5.96 Å². The van der Waals surface area contributed by atoms with Crippen LogP contribution in [-0.4, -0.2) is 24.8 Å². The van der Waals surface area contributed by atoms with E-state index in [1.165, 1.54) is 6.21 Å². The minimum absolute atomic E-state index is 0.163. The molecule has 18 heavy (non-hydrogen) atoms. The van der Waals surface area contributed by atoms with Gasteiger partial charge in [0, 0.05) is 5.56 Å². The average molecular weight is 269 g/mol. The molecule has 0 saturated carbocycles. The molecule has 1 rings (SSSR count). The second-order valence-electron chi connectivity index (χ2n) is 3.20. The molecule has 6 nitrogen and oxygen atoms in total. The molecule has 0 aromatic heterocycles. The average Bonchev–Trinajstić information content (AvgIpc) is 2.31. The first-order valence-electron chi connectivity index (χ1n) is 5.13. The van der Waals surface area contributed by atoms with Crippen molar-refractivity contribution >= 4 is 29.7 Å². The number of nitrogens with two attached hydrogens (primary N) is 2. The first kappa shape index (κ1) is 14.0. The topological polar surface area (TPSA) is 103 Å². The zero-order valence-corrected chi connectivity index (χ0v) is 10.5. The maximum Gasteiger partial charge on any atom is 0.339 e. The zero-order chi connectivity index (χ0) is 13.5. The SMILES string of the molecule is CCOC(=O)c1cccc(/C=N/N=C(N)N)c1Cl. The largest absolute Gasteiger partial charge is 0.462 e. The van der Waals surface area contributed by atoms with E-state index in [2.05, 4.69) is 10.2 Å². The fraction of sp³-hybridized carbons (Fsp3) is 0.182. The number of hydrogen-bond donors (Lipinski definition) is 2. The van der Waals surface area contributed by atoms with Crippen LogP contribution in [0.4, 0.5) is 0 Å². The fourth-order valence-corrected chi connectivity index (χ4v) is 1.43. The van der Waals surface area contributed by atoms with E-state index in [1.54, 1.807) is 25.1 Å². The van der Waals surface area contributed by atoms with E-state index in [9.17, 15) is 4.79 Å². The van der Waals surface area contributed by atoms with Crippen LogP contribution in [0.15, 0.2) is 28.4 Å². The van der Waals surface area contributed by atoms with Gasteiger partial charge in [0.1, 0.15) is 0 Å². The van der Waals surface area contributed by atoms with Crippen molar-refractivity contribution < 1.29 is 9.53 Å². The zero-order valence-electron chi connectivity index (χ0n) is 9.76. The summed E-state index contributed by atoms with van der Waals surface area (Å²) >= 11 is 6.05. The van der Waals surface area contributed by atoms with Crippen molar-refractivity contribution in [1.29, 1.82) is 0 Å². The summed E-state index contributed by atoms with van der Waals surface area (Å²) in [5.41, 5.74) is 11.0. The number of rotatable bonds is 4. The summed E-state index contributed by atoms with van der Waals surface area (Å²) in [4.78, 5) is 11.6. The van der Waals surface area contributed by atoms with Crippen LogP contribution >= 0.6 is 11.6 Å². The highest BCUT2D eigenvalue weighted by molar-refractivity contribution is 6.36. The summed E-state index contributed by atoms with van der Waals surface area (Å²) in [5.74, 6) is -0.650. The Morgan fingerprint density at radius 2 is 2.22 bits per heavy atom. The second-order valence-corrected chi connectivity index (χ2v) is 3.58. The summed E-state index contributed by atoms with van der Waals surface area (Å²) in [7, 11) is 0. The van der Waals surface area contributed by atoms with Gasteiger partial charge in [0.25, 0.3) is 0 Å². The third-order valence-electron chi connectivity index (χ3n) is 1.89. The van der Waals surface area contributed by atoms with Gasteiger partial charge in [-0.25, -0.2) is 4.79 Å². The molecule has 1 aromatic carbocycles. The van der Waals surface area contributed by atoms with Crippen molar-refractivity contribution in [2.24, 2.45) is 21.7 Å². The highest BCUT2D eigenvalue weighted by Gasteiger charge is 2.13. The van der Waals surface area contributed by atoms with Gasteiger partial charge in [-0.1, -0.05) is 23.7 Å². The van der Waals surface area contributed by atoms with Crippen LogP contribution in [0.25, 0.3) is 0 Å². The monoisotopic (exact) mass is 268 g/mol. The van der Waals surface area contributed by atoms with Crippen LogP contribution < -0.4 is 11.5 Å². The molecular weight excluding hydrogens is 256 g/mol. The molecular formula is C11H13ClN4O2. The number of nitrogens with zero attached hydrogens (tertiary/aromatic N) is 2. The molecule has 0 unspecified atom stereocenters. The molecule has 96 valence electrons. The number of hydrogen-bond acceptors (Lipinski definition) is 4. The van der Waals surface area contributed by atoms with Crippen LogP contribution in [0.5, 0.6) is 0 Å². The Balaban J connectivity index is 3.02. The maximum absolute atomic E-state index is 11.6. The van der Waals surface area contributed by atoms with Crippen molar-refractivity contribution in [3.05, 3.63) is 34.3 Å². The van der Waals surface area contributed by atoms with E-state index >= 15 is 0 Å². The maximum atomic E-state index is 11.6. The van der Waals surface area contributed by atoms with Gasteiger partial charge >= 0.3 is 5.97 Å². The highest BCUT2D eigenvalue weighted by Crippen LogP contribution is 2.20. The van der Waals surface area contributed by atoms with Crippen molar-refractivity contribution in [3.8, 4) is 0 Å². The first-order chi connectivity index (χ1) is 8.56. The molecule has 0 heterocycles. The molecule has 0 saturated heterocycles. The van der Waals surface area contributed by atoms with E-state index in [1.807, 2.05) is 0 Å². The number of carbonyl (C=O) groups excluding carboxylic acids is 1. The van der Waals surface area contributed by atoms with E-state index in [4.69, 9.17) is 27.8 Å². The Kier molecular flexibility index (Phi) is 5.13. The minimum atomic E-state index is -0.486. The van der Waals surface area contributed by atoms with Gasteiger partial charge < -0.3 is 16.2 Å². The Bertz CT molecular complexity index is 496. The molecule has 4 N–H and O–H groups in total. The van der Waals surface area contributed by atoms with Crippen LogP contribution in [0.2, 0.25) is 5.02 Å². The number of guanidine groups is 1. The van der Waals surface area contributed by atoms with Crippen LogP contribution in [-0.2, 0) is 4.74 Å². The number of carbonyl (C=O) groups is 1. The van der Waals surface area contributed by atoms with E-state index < -0.39 is 5.97 Å². The summed E-state index contributed by atoms with van der Waals surface area (Å²) in [6, 6.07) is 4.91. The standard InChI is InChI=1S/C11H13ClN4O2/c1-2-18-10(17)8-5-3-4-7(9(8)12)6-15-16-11(13)14/h3-6H,2H2,1H3,(H4,13,14,16)/b15-6+. The van der Waals surface area contributed by atoms with Crippen molar-refractivity contribution in [2.75, 3.05) is 6.61 Å². The summed E-state index contributed by atoms with van der Waals surface area (Å²) in [6.45, 7) is 2.00. The molecule has 0 aliphatic heterocycles. The number of esters is 1. The van der Waals surface area contributed by atoms with Crippen molar-refractivity contribution in [2.45, 2.75) is 6.92 Å². The van der Waals surface area contributed by atoms with Crippen molar-refractivity contribution in [3.63, 3.8) is 0 Å². The van der Waals surface area contributed by atoms with Crippen LogP contribution in [0.1, 0.15) is 22.8 Å². The Hall–Kier alpha value is -2.08. The third-order valence-corrected chi connectivity index (χ3v) is 2.32. The number of halogens is 1. The second kappa shape index (κ2) is 6.61. The van der Waals surface area contributed by atoms with Crippen LogP contribution in [0, 0.1) is 0 Å². The molecule has 0 bridgehead atoms. The molecule has 1 aromatic rings. The lowest BCUT2D eigenvalue weighted by molar-refractivity contribution is 0.0526. The van der Waals surface area contributed by atoms with E-state index in [-0.39, 0.29) is 23.2 Å². The van der Waals surface area contributed by atoms with Gasteiger partial charge in [-0.15, -0.1) is 5.10 Å². The van der Waals surface area contributed by atoms with E-state index in [0.29, 0.717) is 5.56 Å². The van der Waals surface area contributed by atoms with Gasteiger partial charge in [0.05, 0.1) is 23.4 Å². The van der Waals surface area contributed by atoms with Gasteiger partial charge in [-0.05, 0) is 13.0 Å². The Labute approximate surface area is 109 Å². The lowest BCUT2D eigenvalue weighted by Gasteiger charge is -2.05. The molecule has 0 aliphatic rings. The molecule has 0 amide bonds. The predicted octanol–water partition coefficient (Wildman–Crippen LogP) is 1.12. The fourth-order valence-electron chi connectivity index (χ4n) is 1.17. The quantitative estimate of drug-likeness (QED) is 0.370. The normalized spacial score (nSPS) is 10.3. The lowest BCUT2D eigenvalue weighted by atomic mass is 10.1. The smallest absolute Gasteiger partial charge is 0.339 e. The molecule has 0 fully saturated rings. The third kappa shape index (κ3) is 3.74. The first-order valence-corrected chi connectivity index (χ1v) is 5.51.